The molecule has 9 aromatic rings. The zero-order valence-corrected chi connectivity index (χ0v) is 27.0. The summed E-state index contributed by atoms with van der Waals surface area (Å²) in [7, 11) is 0. The Morgan fingerprint density at radius 1 is 0.265 bits per heavy atom. The van der Waals surface area contributed by atoms with E-state index in [0.717, 1.165) is 17.1 Å². The maximum atomic E-state index is 2.39. The van der Waals surface area contributed by atoms with Gasteiger partial charge < -0.3 is 4.90 Å². The largest absolute Gasteiger partial charge is 0.310 e. The number of hydrogen-bond acceptors (Lipinski definition) is 1. The average molecular weight is 624 g/mol. The van der Waals surface area contributed by atoms with Crippen molar-refractivity contribution < 1.29 is 0 Å². The van der Waals surface area contributed by atoms with E-state index >= 15 is 0 Å². The van der Waals surface area contributed by atoms with Crippen LogP contribution in [0.1, 0.15) is 0 Å². The molecule has 0 saturated heterocycles. The van der Waals surface area contributed by atoms with Crippen molar-refractivity contribution in [2.45, 2.75) is 0 Å². The first-order chi connectivity index (χ1) is 24.3. The van der Waals surface area contributed by atoms with E-state index in [1.807, 2.05) is 0 Å². The maximum Gasteiger partial charge on any atom is 0.0468 e. The van der Waals surface area contributed by atoms with Gasteiger partial charge in [0.15, 0.2) is 0 Å². The number of nitrogens with zero attached hydrogens (tertiary/aromatic N) is 1. The molecule has 9 aromatic carbocycles. The van der Waals surface area contributed by atoms with E-state index < -0.39 is 0 Å². The van der Waals surface area contributed by atoms with Crippen LogP contribution in [0.2, 0.25) is 0 Å². The van der Waals surface area contributed by atoms with Crippen LogP contribution in [0.25, 0.3) is 65.7 Å². The number of anilines is 3. The van der Waals surface area contributed by atoms with Gasteiger partial charge in [-0.25, -0.2) is 0 Å². The smallest absolute Gasteiger partial charge is 0.0468 e. The summed E-state index contributed by atoms with van der Waals surface area (Å²) in [6, 6.07) is 72.4. The molecule has 0 spiro atoms. The van der Waals surface area contributed by atoms with Gasteiger partial charge in [0.1, 0.15) is 0 Å². The van der Waals surface area contributed by atoms with Gasteiger partial charge >= 0.3 is 0 Å². The maximum absolute atomic E-state index is 2.39. The Balaban J connectivity index is 1.25. The lowest BCUT2D eigenvalue weighted by molar-refractivity contribution is 1.29. The molecule has 0 radical (unpaired) electrons. The first-order valence-corrected chi connectivity index (χ1v) is 16.8. The average Bonchev–Trinajstić information content (AvgIpc) is 3.19. The van der Waals surface area contributed by atoms with Crippen LogP contribution in [-0.4, -0.2) is 0 Å². The Bertz CT molecular complexity index is 2570. The standard InChI is InChI=1S/C48H33N/c1-4-12-34(13-5-1)35-24-26-41(27-25-35)49(43-28-30-44(36-14-6-2-7-15-36)47(33-43)37-16-8-3-9-17-37)42-29-31-46-40(32-42)23-22-39-21-20-38-18-10-11-19-45(38)48(39)46/h1-33H. The molecule has 0 aliphatic heterocycles. The van der Waals surface area contributed by atoms with E-state index in [9.17, 15) is 0 Å². The minimum atomic E-state index is 1.11. The van der Waals surface area contributed by atoms with Crippen LogP contribution in [-0.2, 0) is 0 Å². The number of fused-ring (bicyclic) bond motifs is 5. The van der Waals surface area contributed by atoms with Crippen LogP contribution in [0.5, 0.6) is 0 Å². The van der Waals surface area contributed by atoms with E-state index in [4.69, 9.17) is 0 Å². The Morgan fingerprint density at radius 3 is 1.47 bits per heavy atom. The van der Waals surface area contributed by atoms with E-state index in [2.05, 4.69) is 205 Å². The SMILES string of the molecule is c1ccc(-c2ccc(N(c3ccc(-c4ccccc4)c(-c4ccccc4)c3)c3ccc4c(ccc5ccc6ccccc6c54)c3)cc2)cc1. The first kappa shape index (κ1) is 28.8. The van der Waals surface area contributed by atoms with Crippen LogP contribution in [0.15, 0.2) is 200 Å². The second-order valence-electron chi connectivity index (χ2n) is 12.6. The summed E-state index contributed by atoms with van der Waals surface area (Å²) in [6.07, 6.45) is 0. The minimum absolute atomic E-state index is 1.11. The molecule has 1 nitrogen and oxygen atoms in total. The summed E-state index contributed by atoms with van der Waals surface area (Å²) in [5.41, 5.74) is 10.6. The predicted molar refractivity (Wildman–Crippen MR) is 210 cm³/mol. The molecule has 0 saturated carbocycles. The zero-order chi connectivity index (χ0) is 32.6. The summed E-state index contributed by atoms with van der Waals surface area (Å²) < 4.78 is 0. The monoisotopic (exact) mass is 623 g/mol. The molecule has 0 fully saturated rings. The van der Waals surface area contributed by atoms with E-state index in [-0.39, 0.29) is 0 Å². The van der Waals surface area contributed by atoms with Crippen LogP contribution in [0.3, 0.4) is 0 Å². The molecule has 0 atom stereocenters. The highest BCUT2D eigenvalue weighted by atomic mass is 15.1. The summed E-state index contributed by atoms with van der Waals surface area (Å²) >= 11 is 0. The van der Waals surface area contributed by atoms with Gasteiger partial charge in [0.2, 0.25) is 0 Å². The molecule has 49 heavy (non-hydrogen) atoms. The topological polar surface area (TPSA) is 3.24 Å². The van der Waals surface area contributed by atoms with Crippen LogP contribution >= 0.6 is 0 Å². The minimum Gasteiger partial charge on any atom is -0.310 e. The van der Waals surface area contributed by atoms with Crippen LogP contribution in [0, 0.1) is 0 Å². The molecule has 0 bridgehead atoms. The van der Waals surface area contributed by atoms with Gasteiger partial charge in [-0.15, -0.1) is 0 Å². The molecule has 1 heteroatoms. The zero-order valence-electron chi connectivity index (χ0n) is 27.0. The second-order valence-corrected chi connectivity index (χ2v) is 12.6. The van der Waals surface area contributed by atoms with Crippen molar-refractivity contribution in [1.82, 2.24) is 0 Å². The van der Waals surface area contributed by atoms with Crippen molar-refractivity contribution in [3.8, 4) is 33.4 Å². The summed E-state index contributed by atoms with van der Waals surface area (Å²) in [5, 5.41) is 7.60. The summed E-state index contributed by atoms with van der Waals surface area (Å²) in [6.45, 7) is 0. The fourth-order valence-corrected chi connectivity index (χ4v) is 7.24. The van der Waals surface area contributed by atoms with Gasteiger partial charge in [0.25, 0.3) is 0 Å². The third-order valence-corrected chi connectivity index (χ3v) is 9.63. The quantitative estimate of drug-likeness (QED) is 0.167. The van der Waals surface area contributed by atoms with Crippen molar-refractivity contribution in [1.29, 1.82) is 0 Å². The highest BCUT2D eigenvalue weighted by Crippen LogP contribution is 2.42. The number of rotatable bonds is 6. The third kappa shape index (κ3) is 5.32. The number of hydrogen-bond donors (Lipinski definition) is 0. The Kier molecular flexibility index (Phi) is 7.22. The highest BCUT2D eigenvalue weighted by Gasteiger charge is 2.18. The second kappa shape index (κ2) is 12.3. The fraction of sp³-hybridized carbons (Fsp3) is 0. The molecule has 0 aliphatic carbocycles. The molecule has 9 rings (SSSR count). The van der Waals surface area contributed by atoms with Crippen molar-refractivity contribution in [3.05, 3.63) is 200 Å². The highest BCUT2D eigenvalue weighted by molar-refractivity contribution is 6.20. The van der Waals surface area contributed by atoms with Gasteiger partial charge in [-0.3, -0.25) is 0 Å². The van der Waals surface area contributed by atoms with Gasteiger partial charge in [-0.05, 0) is 102 Å². The van der Waals surface area contributed by atoms with Gasteiger partial charge in [-0.1, -0.05) is 164 Å². The summed E-state index contributed by atoms with van der Waals surface area (Å²) in [4.78, 5) is 2.39. The van der Waals surface area contributed by atoms with Crippen molar-refractivity contribution in [2.24, 2.45) is 0 Å². The third-order valence-electron chi connectivity index (χ3n) is 9.63. The Labute approximate surface area is 287 Å². The van der Waals surface area contributed by atoms with Crippen molar-refractivity contribution >= 4 is 49.4 Å². The first-order valence-electron chi connectivity index (χ1n) is 16.8. The molecule has 0 aliphatic rings. The van der Waals surface area contributed by atoms with Gasteiger partial charge in [-0.2, -0.15) is 0 Å². The van der Waals surface area contributed by atoms with Crippen molar-refractivity contribution in [2.75, 3.05) is 4.90 Å². The van der Waals surface area contributed by atoms with Gasteiger partial charge in [0, 0.05) is 17.1 Å². The normalized spacial score (nSPS) is 11.3. The lowest BCUT2D eigenvalue weighted by atomic mass is 9.93. The van der Waals surface area contributed by atoms with E-state index in [1.165, 1.54) is 65.7 Å². The van der Waals surface area contributed by atoms with Gasteiger partial charge in [0.05, 0.1) is 0 Å². The molecule has 0 amide bonds. The molecule has 0 unspecified atom stereocenters. The molecule has 230 valence electrons. The molecular weight excluding hydrogens is 591 g/mol. The van der Waals surface area contributed by atoms with E-state index in [0.29, 0.717) is 0 Å². The molecular formula is C48H33N. The molecule has 0 N–H and O–H groups in total. The molecule has 0 aromatic heterocycles. The van der Waals surface area contributed by atoms with Crippen molar-refractivity contribution in [3.63, 3.8) is 0 Å². The van der Waals surface area contributed by atoms with Crippen LogP contribution in [0.4, 0.5) is 17.1 Å². The predicted octanol–water partition coefficient (Wildman–Crippen LogP) is 13.6. The lowest BCUT2D eigenvalue weighted by Gasteiger charge is -2.27. The Hall–Kier alpha value is -6.44. The fourth-order valence-electron chi connectivity index (χ4n) is 7.24. The van der Waals surface area contributed by atoms with E-state index in [1.54, 1.807) is 0 Å². The lowest BCUT2D eigenvalue weighted by Crippen LogP contribution is -2.10. The molecule has 0 heterocycles. The summed E-state index contributed by atoms with van der Waals surface area (Å²) in [5.74, 6) is 0. The number of benzene rings is 9. The van der Waals surface area contributed by atoms with Crippen LogP contribution < -0.4 is 4.90 Å². The Morgan fingerprint density at radius 2 is 0.755 bits per heavy atom.